The molecule has 2 rings (SSSR count). The van der Waals surface area contributed by atoms with Crippen LogP contribution in [0.15, 0.2) is 24.4 Å². The Hall–Kier alpha value is -1.42. The Morgan fingerprint density at radius 3 is 2.75 bits per heavy atom. The first-order valence-electron chi connectivity index (χ1n) is 5.59. The number of nitrogens with zero attached hydrogens (tertiary/aromatic N) is 1. The standard InChI is InChI=1S/C12H17N3O/c1-9(13-2)11(16)15-12(6-7-12)10-5-3-4-8-14-10/h3-5,8-9,13H,6-7H2,1-2H3,(H,15,16)/t9-/m0/s1. The SMILES string of the molecule is CN[C@@H](C)C(=O)NC1(c2ccccn2)CC1. The molecule has 1 aromatic heterocycles. The Labute approximate surface area is 95.5 Å². The second kappa shape index (κ2) is 4.22. The molecule has 1 atom stereocenters. The highest BCUT2D eigenvalue weighted by molar-refractivity contribution is 5.82. The van der Waals surface area contributed by atoms with Gasteiger partial charge in [-0.1, -0.05) is 6.07 Å². The molecule has 0 bridgehead atoms. The zero-order chi connectivity index (χ0) is 11.6. The maximum absolute atomic E-state index is 11.8. The third-order valence-corrected chi connectivity index (χ3v) is 3.09. The smallest absolute Gasteiger partial charge is 0.237 e. The summed E-state index contributed by atoms with van der Waals surface area (Å²) in [4.78, 5) is 16.1. The van der Waals surface area contributed by atoms with Gasteiger partial charge in [-0.05, 0) is 38.9 Å². The van der Waals surface area contributed by atoms with Gasteiger partial charge in [0.25, 0.3) is 0 Å². The monoisotopic (exact) mass is 219 g/mol. The minimum atomic E-state index is -0.205. The van der Waals surface area contributed by atoms with Gasteiger partial charge in [0.15, 0.2) is 0 Å². The predicted octanol–water partition coefficient (Wildman–Crippen LogP) is 0.795. The van der Waals surface area contributed by atoms with Gasteiger partial charge < -0.3 is 10.6 Å². The van der Waals surface area contributed by atoms with E-state index in [2.05, 4.69) is 15.6 Å². The number of pyridine rings is 1. The topological polar surface area (TPSA) is 54.0 Å². The Morgan fingerprint density at radius 2 is 2.25 bits per heavy atom. The fourth-order valence-electron chi connectivity index (χ4n) is 1.69. The number of rotatable bonds is 4. The van der Waals surface area contributed by atoms with Crippen molar-refractivity contribution in [2.24, 2.45) is 0 Å². The molecule has 2 N–H and O–H groups in total. The van der Waals surface area contributed by atoms with Gasteiger partial charge in [-0.2, -0.15) is 0 Å². The first-order chi connectivity index (χ1) is 7.68. The lowest BCUT2D eigenvalue weighted by Crippen LogP contribution is -2.45. The third-order valence-electron chi connectivity index (χ3n) is 3.09. The molecule has 1 heterocycles. The largest absolute Gasteiger partial charge is 0.344 e. The number of nitrogens with one attached hydrogen (secondary N) is 2. The van der Waals surface area contributed by atoms with E-state index in [1.54, 1.807) is 13.2 Å². The van der Waals surface area contributed by atoms with Crippen molar-refractivity contribution in [2.75, 3.05) is 7.05 Å². The number of amides is 1. The highest BCUT2D eigenvalue weighted by Gasteiger charge is 2.47. The van der Waals surface area contributed by atoms with Gasteiger partial charge in [0, 0.05) is 6.20 Å². The summed E-state index contributed by atoms with van der Waals surface area (Å²) in [5.41, 5.74) is 0.760. The normalized spacial score (nSPS) is 18.9. The zero-order valence-corrected chi connectivity index (χ0v) is 9.66. The Kier molecular flexibility index (Phi) is 2.92. The Morgan fingerprint density at radius 1 is 1.50 bits per heavy atom. The van der Waals surface area contributed by atoms with Crippen molar-refractivity contribution in [1.29, 1.82) is 0 Å². The molecule has 1 amide bonds. The lowest BCUT2D eigenvalue weighted by atomic mass is 10.1. The first kappa shape index (κ1) is 11.1. The van der Waals surface area contributed by atoms with E-state index in [0.717, 1.165) is 18.5 Å². The van der Waals surface area contributed by atoms with Crippen LogP contribution in [0.5, 0.6) is 0 Å². The lowest BCUT2D eigenvalue weighted by Gasteiger charge is -2.19. The minimum Gasteiger partial charge on any atom is -0.344 e. The second-order valence-electron chi connectivity index (χ2n) is 4.30. The summed E-state index contributed by atoms with van der Waals surface area (Å²) in [6.07, 6.45) is 3.72. The van der Waals surface area contributed by atoms with Crippen LogP contribution in [0.3, 0.4) is 0 Å². The molecule has 4 heteroatoms. The summed E-state index contributed by atoms with van der Waals surface area (Å²) in [7, 11) is 1.78. The van der Waals surface area contributed by atoms with Crippen molar-refractivity contribution < 1.29 is 4.79 Å². The molecule has 0 saturated heterocycles. The van der Waals surface area contributed by atoms with Gasteiger partial charge in [0.2, 0.25) is 5.91 Å². The maximum Gasteiger partial charge on any atom is 0.237 e. The molecule has 4 nitrogen and oxygen atoms in total. The number of likely N-dealkylation sites (N-methyl/N-ethyl adjacent to an activating group) is 1. The molecule has 1 aliphatic carbocycles. The molecule has 0 unspecified atom stereocenters. The van der Waals surface area contributed by atoms with Crippen LogP contribution >= 0.6 is 0 Å². The molecule has 1 aromatic rings. The molecule has 0 aliphatic heterocycles. The summed E-state index contributed by atoms with van der Waals surface area (Å²) in [6, 6.07) is 5.64. The summed E-state index contributed by atoms with van der Waals surface area (Å²) in [5.74, 6) is 0.0330. The van der Waals surface area contributed by atoms with Crippen molar-refractivity contribution in [1.82, 2.24) is 15.6 Å². The maximum atomic E-state index is 11.8. The molecule has 0 spiro atoms. The van der Waals surface area contributed by atoms with Crippen LogP contribution < -0.4 is 10.6 Å². The number of aromatic nitrogens is 1. The summed E-state index contributed by atoms with van der Waals surface area (Å²) in [5, 5.41) is 6.00. The number of carbonyl (C=O) groups excluding carboxylic acids is 1. The van der Waals surface area contributed by atoms with Crippen LogP contribution in [0.2, 0.25) is 0 Å². The molecular weight excluding hydrogens is 202 g/mol. The van der Waals surface area contributed by atoms with Crippen molar-refractivity contribution in [3.8, 4) is 0 Å². The Bertz CT molecular complexity index is 373. The molecule has 1 saturated carbocycles. The van der Waals surface area contributed by atoms with E-state index in [0.29, 0.717) is 0 Å². The van der Waals surface area contributed by atoms with Crippen molar-refractivity contribution in [2.45, 2.75) is 31.3 Å². The number of hydrogen-bond donors (Lipinski definition) is 2. The highest BCUT2D eigenvalue weighted by Crippen LogP contribution is 2.44. The van der Waals surface area contributed by atoms with Crippen molar-refractivity contribution in [3.05, 3.63) is 30.1 Å². The fraction of sp³-hybridized carbons (Fsp3) is 0.500. The van der Waals surface area contributed by atoms with Crippen LogP contribution in [0.1, 0.15) is 25.5 Å². The summed E-state index contributed by atoms with van der Waals surface area (Å²) >= 11 is 0. The van der Waals surface area contributed by atoms with Gasteiger partial charge in [0.1, 0.15) is 0 Å². The van der Waals surface area contributed by atoms with Crippen LogP contribution in [0.25, 0.3) is 0 Å². The number of carbonyl (C=O) groups is 1. The minimum absolute atomic E-state index is 0.0330. The van der Waals surface area contributed by atoms with E-state index in [9.17, 15) is 4.79 Å². The molecule has 86 valence electrons. The third kappa shape index (κ3) is 2.07. The van der Waals surface area contributed by atoms with E-state index in [-0.39, 0.29) is 17.5 Å². The van der Waals surface area contributed by atoms with Gasteiger partial charge in [-0.15, -0.1) is 0 Å². The second-order valence-corrected chi connectivity index (χ2v) is 4.30. The van der Waals surface area contributed by atoms with E-state index in [1.807, 2.05) is 25.1 Å². The van der Waals surface area contributed by atoms with Crippen LogP contribution in [0, 0.1) is 0 Å². The predicted molar refractivity (Wildman–Crippen MR) is 61.8 cm³/mol. The molecule has 16 heavy (non-hydrogen) atoms. The summed E-state index contributed by atoms with van der Waals surface area (Å²) in [6.45, 7) is 1.85. The van der Waals surface area contributed by atoms with Crippen molar-refractivity contribution >= 4 is 5.91 Å². The van der Waals surface area contributed by atoms with Crippen molar-refractivity contribution in [3.63, 3.8) is 0 Å². The molecule has 0 aromatic carbocycles. The quantitative estimate of drug-likeness (QED) is 0.787. The number of hydrogen-bond acceptors (Lipinski definition) is 3. The fourth-order valence-corrected chi connectivity index (χ4v) is 1.69. The Balaban J connectivity index is 2.08. The van der Waals surface area contributed by atoms with E-state index in [1.165, 1.54) is 0 Å². The van der Waals surface area contributed by atoms with E-state index >= 15 is 0 Å². The average molecular weight is 219 g/mol. The molecule has 1 fully saturated rings. The molecule has 0 radical (unpaired) electrons. The van der Waals surface area contributed by atoms with Crippen LogP contribution in [-0.2, 0) is 10.3 Å². The molecule has 1 aliphatic rings. The average Bonchev–Trinajstić information content (AvgIpc) is 3.10. The molecular formula is C12H17N3O. The van der Waals surface area contributed by atoms with Gasteiger partial charge in [-0.3, -0.25) is 9.78 Å². The first-order valence-corrected chi connectivity index (χ1v) is 5.59. The van der Waals surface area contributed by atoms with Gasteiger partial charge in [0.05, 0.1) is 17.3 Å². The van der Waals surface area contributed by atoms with E-state index < -0.39 is 0 Å². The van der Waals surface area contributed by atoms with Gasteiger partial charge >= 0.3 is 0 Å². The van der Waals surface area contributed by atoms with E-state index in [4.69, 9.17) is 0 Å². The lowest BCUT2D eigenvalue weighted by molar-refractivity contribution is -0.123. The van der Waals surface area contributed by atoms with Crippen LogP contribution in [0.4, 0.5) is 0 Å². The van der Waals surface area contributed by atoms with Gasteiger partial charge in [-0.25, -0.2) is 0 Å². The zero-order valence-electron chi connectivity index (χ0n) is 9.66. The van der Waals surface area contributed by atoms with Crippen LogP contribution in [-0.4, -0.2) is 24.0 Å². The highest BCUT2D eigenvalue weighted by atomic mass is 16.2. The summed E-state index contributed by atoms with van der Waals surface area (Å²) < 4.78 is 0.